The van der Waals surface area contributed by atoms with Gasteiger partial charge in [0, 0.05) is 17.3 Å². The monoisotopic (exact) mass is 498 g/mol. The number of rotatable bonds is 5. The lowest BCUT2D eigenvalue weighted by molar-refractivity contribution is 0.174. The first kappa shape index (κ1) is 22.8. The fourth-order valence-corrected chi connectivity index (χ4v) is 4.60. The van der Waals surface area contributed by atoms with Crippen LogP contribution in [0.5, 0.6) is 11.5 Å². The van der Waals surface area contributed by atoms with Crippen molar-refractivity contribution in [3.63, 3.8) is 0 Å². The molecular formula is C28H23FN4O4. The van der Waals surface area contributed by atoms with Gasteiger partial charge in [0.15, 0.2) is 11.5 Å². The van der Waals surface area contributed by atoms with Crippen LogP contribution in [0.4, 0.5) is 14.9 Å². The molecule has 186 valence electrons. The zero-order valence-corrected chi connectivity index (χ0v) is 20.2. The summed E-state index contributed by atoms with van der Waals surface area (Å²) in [6.07, 6.45) is 0.904. The second kappa shape index (κ2) is 9.09. The number of aromatic nitrogens is 2. The van der Waals surface area contributed by atoms with Gasteiger partial charge in [-0.2, -0.15) is 4.98 Å². The van der Waals surface area contributed by atoms with Crippen LogP contribution in [0.15, 0.2) is 77.0 Å². The molecule has 3 aromatic carbocycles. The molecule has 9 heteroatoms. The zero-order valence-electron chi connectivity index (χ0n) is 20.2. The smallest absolute Gasteiger partial charge is 0.327 e. The molecule has 0 aliphatic carbocycles. The predicted molar refractivity (Wildman–Crippen MR) is 134 cm³/mol. The van der Waals surface area contributed by atoms with E-state index in [0.29, 0.717) is 39.8 Å². The van der Waals surface area contributed by atoms with Crippen molar-refractivity contribution < 1.29 is 23.2 Å². The summed E-state index contributed by atoms with van der Waals surface area (Å²) in [6.45, 7) is 4.06. The van der Waals surface area contributed by atoms with E-state index in [1.165, 1.54) is 17.7 Å². The summed E-state index contributed by atoms with van der Waals surface area (Å²) in [5.41, 5.74) is 4.57. The van der Waals surface area contributed by atoms with Crippen molar-refractivity contribution in [3.8, 4) is 22.9 Å². The van der Waals surface area contributed by atoms with Crippen LogP contribution in [0.2, 0.25) is 0 Å². The van der Waals surface area contributed by atoms with E-state index in [1.807, 2.05) is 31.2 Å². The molecule has 8 nitrogen and oxygen atoms in total. The molecule has 0 saturated heterocycles. The van der Waals surface area contributed by atoms with Crippen molar-refractivity contribution in [3.05, 3.63) is 95.3 Å². The molecule has 0 fully saturated rings. The van der Waals surface area contributed by atoms with Crippen LogP contribution >= 0.6 is 0 Å². The SMILES string of the molecule is CCc1ccc(C2NC(=O)N(c3ccc4c(c3)OCO4)C(C)=C2c2nc(-c3ccc(F)cc3)no2)cc1. The Labute approximate surface area is 212 Å². The molecule has 0 saturated carbocycles. The first-order chi connectivity index (χ1) is 18.0. The highest BCUT2D eigenvalue weighted by molar-refractivity contribution is 6.01. The third-order valence-corrected chi connectivity index (χ3v) is 6.58. The minimum Gasteiger partial charge on any atom is -0.454 e. The lowest BCUT2D eigenvalue weighted by Crippen LogP contribution is -2.46. The van der Waals surface area contributed by atoms with Gasteiger partial charge in [-0.25, -0.2) is 9.18 Å². The molecule has 3 heterocycles. The number of fused-ring (bicyclic) bond motifs is 1. The average Bonchev–Trinajstić information content (AvgIpc) is 3.59. The molecular weight excluding hydrogens is 475 g/mol. The van der Waals surface area contributed by atoms with E-state index in [4.69, 9.17) is 14.0 Å². The Bertz CT molecular complexity index is 1510. The average molecular weight is 499 g/mol. The number of urea groups is 1. The number of aryl methyl sites for hydroxylation is 1. The second-order valence-corrected chi connectivity index (χ2v) is 8.78. The van der Waals surface area contributed by atoms with Gasteiger partial charge in [0.25, 0.3) is 5.89 Å². The first-order valence-electron chi connectivity index (χ1n) is 11.9. The molecule has 4 aromatic rings. The van der Waals surface area contributed by atoms with Gasteiger partial charge in [0.1, 0.15) is 5.82 Å². The Balaban J connectivity index is 1.47. The third-order valence-electron chi connectivity index (χ3n) is 6.58. The number of carbonyl (C=O) groups excluding carboxylic acids is 1. The zero-order chi connectivity index (χ0) is 25.5. The summed E-state index contributed by atoms with van der Waals surface area (Å²) in [7, 11) is 0. The normalized spacial score (nSPS) is 16.8. The quantitative estimate of drug-likeness (QED) is 0.370. The highest BCUT2D eigenvalue weighted by Crippen LogP contribution is 2.42. The summed E-state index contributed by atoms with van der Waals surface area (Å²) in [4.78, 5) is 19.6. The number of benzene rings is 3. The van der Waals surface area contributed by atoms with E-state index in [1.54, 1.807) is 35.2 Å². The van der Waals surface area contributed by atoms with Crippen LogP contribution in [0.25, 0.3) is 17.0 Å². The van der Waals surface area contributed by atoms with Crippen LogP contribution in [0.3, 0.4) is 0 Å². The predicted octanol–water partition coefficient (Wildman–Crippen LogP) is 5.87. The summed E-state index contributed by atoms with van der Waals surface area (Å²) >= 11 is 0. The van der Waals surface area contributed by atoms with E-state index < -0.39 is 6.04 Å². The maximum Gasteiger partial charge on any atom is 0.327 e. The molecule has 2 aliphatic heterocycles. The van der Waals surface area contributed by atoms with Crippen molar-refractivity contribution in [2.75, 3.05) is 11.7 Å². The second-order valence-electron chi connectivity index (χ2n) is 8.78. The number of halogens is 1. The van der Waals surface area contributed by atoms with Gasteiger partial charge in [0.2, 0.25) is 12.6 Å². The van der Waals surface area contributed by atoms with Crippen molar-refractivity contribution >= 4 is 17.3 Å². The number of hydrogen-bond donors (Lipinski definition) is 1. The number of nitrogens with one attached hydrogen (secondary N) is 1. The van der Waals surface area contributed by atoms with Crippen LogP contribution in [0, 0.1) is 5.82 Å². The lowest BCUT2D eigenvalue weighted by Gasteiger charge is -2.35. The Kier molecular flexibility index (Phi) is 5.60. The van der Waals surface area contributed by atoms with Gasteiger partial charge in [-0.15, -0.1) is 0 Å². The van der Waals surface area contributed by atoms with Crippen LogP contribution in [-0.2, 0) is 6.42 Å². The van der Waals surface area contributed by atoms with Crippen molar-refractivity contribution in [1.82, 2.24) is 15.5 Å². The molecule has 6 rings (SSSR count). The number of hydrogen-bond acceptors (Lipinski definition) is 6. The Morgan fingerprint density at radius 3 is 2.54 bits per heavy atom. The molecule has 37 heavy (non-hydrogen) atoms. The molecule has 1 N–H and O–H groups in total. The standard InChI is InChI=1S/C28H23FN4O4/c1-3-17-4-6-18(7-5-17)25-24(27-31-26(32-37-27)19-8-10-20(29)11-9-19)16(2)33(28(34)30-25)21-12-13-22-23(14-21)36-15-35-22/h4-14,25H,3,15H2,1-2H3,(H,30,34). The third kappa shape index (κ3) is 4.08. The van der Waals surface area contributed by atoms with E-state index in [9.17, 15) is 9.18 Å². The van der Waals surface area contributed by atoms with Crippen molar-refractivity contribution in [2.45, 2.75) is 26.3 Å². The highest BCUT2D eigenvalue weighted by Gasteiger charge is 2.37. The maximum atomic E-state index is 13.5. The van der Waals surface area contributed by atoms with Crippen LogP contribution in [-0.4, -0.2) is 23.0 Å². The minimum atomic E-state index is -0.523. The number of carbonyl (C=O) groups is 1. The Morgan fingerprint density at radius 1 is 1.03 bits per heavy atom. The van der Waals surface area contributed by atoms with Gasteiger partial charge in [-0.1, -0.05) is 36.3 Å². The first-order valence-corrected chi connectivity index (χ1v) is 11.9. The molecule has 2 amide bonds. The molecule has 0 bridgehead atoms. The molecule has 1 aromatic heterocycles. The largest absolute Gasteiger partial charge is 0.454 e. The highest BCUT2D eigenvalue weighted by atomic mass is 19.1. The van der Waals surface area contributed by atoms with Crippen LogP contribution < -0.4 is 19.7 Å². The van der Waals surface area contributed by atoms with Gasteiger partial charge in [0.05, 0.1) is 17.3 Å². The summed E-state index contributed by atoms with van der Waals surface area (Å²) in [5.74, 6) is 1.41. The van der Waals surface area contributed by atoms with E-state index in [2.05, 4.69) is 22.4 Å². The number of anilines is 1. The molecule has 2 aliphatic rings. The summed E-state index contributed by atoms with van der Waals surface area (Å²) < 4.78 is 30.1. The number of allylic oxidation sites excluding steroid dienone is 1. The molecule has 1 atom stereocenters. The molecule has 0 spiro atoms. The number of amides is 2. The fourth-order valence-electron chi connectivity index (χ4n) is 4.60. The van der Waals surface area contributed by atoms with Gasteiger partial charge >= 0.3 is 6.03 Å². The van der Waals surface area contributed by atoms with Crippen LogP contribution in [0.1, 0.15) is 36.9 Å². The maximum absolute atomic E-state index is 13.5. The molecule has 0 radical (unpaired) electrons. The Hall–Kier alpha value is -4.66. The van der Waals surface area contributed by atoms with E-state index in [-0.39, 0.29) is 24.5 Å². The van der Waals surface area contributed by atoms with Gasteiger partial charge in [-0.3, -0.25) is 4.90 Å². The van der Waals surface area contributed by atoms with Gasteiger partial charge in [-0.05, 0) is 60.9 Å². The molecule has 1 unspecified atom stereocenters. The minimum absolute atomic E-state index is 0.134. The Morgan fingerprint density at radius 2 is 1.78 bits per heavy atom. The lowest BCUT2D eigenvalue weighted by atomic mass is 9.93. The number of nitrogens with zero attached hydrogens (tertiary/aromatic N) is 3. The number of ether oxygens (including phenoxy) is 2. The van der Waals surface area contributed by atoms with E-state index in [0.717, 1.165) is 12.0 Å². The fraction of sp³-hybridized carbons (Fsp3) is 0.179. The summed E-state index contributed by atoms with van der Waals surface area (Å²) in [6, 6.07) is 18.4. The van der Waals surface area contributed by atoms with Gasteiger partial charge < -0.3 is 19.3 Å². The topological polar surface area (TPSA) is 89.7 Å². The van der Waals surface area contributed by atoms with E-state index >= 15 is 0 Å². The van der Waals surface area contributed by atoms with Crippen molar-refractivity contribution in [1.29, 1.82) is 0 Å². The summed E-state index contributed by atoms with van der Waals surface area (Å²) in [5, 5.41) is 7.24. The van der Waals surface area contributed by atoms with Crippen molar-refractivity contribution in [2.24, 2.45) is 0 Å².